The van der Waals surface area contributed by atoms with Gasteiger partial charge in [-0.3, -0.25) is 29.1 Å². The average Bonchev–Trinajstić information content (AvgIpc) is 3.42. The summed E-state index contributed by atoms with van der Waals surface area (Å²) in [5, 5.41) is 0.664. The molecule has 2 fully saturated rings. The third-order valence-electron chi connectivity index (χ3n) is 6.64. The van der Waals surface area contributed by atoms with E-state index in [9.17, 15) is 14.4 Å². The van der Waals surface area contributed by atoms with Crippen LogP contribution in [0.3, 0.4) is 0 Å². The Morgan fingerprint density at radius 1 is 1.03 bits per heavy atom. The van der Waals surface area contributed by atoms with Crippen molar-refractivity contribution in [3.05, 3.63) is 53.1 Å². The van der Waals surface area contributed by atoms with Crippen molar-refractivity contribution in [2.45, 2.75) is 26.7 Å². The van der Waals surface area contributed by atoms with Gasteiger partial charge in [0.05, 0.1) is 29.1 Å². The fourth-order valence-electron chi connectivity index (χ4n) is 4.41. The smallest absolute Gasteiger partial charge is 0.260 e. The number of anilines is 2. The Kier molecular flexibility index (Phi) is 6.64. The van der Waals surface area contributed by atoms with Crippen LogP contribution in [0.2, 0.25) is 0 Å². The molecule has 0 aliphatic carbocycles. The Labute approximate surface area is 208 Å². The number of ether oxygens (including phenoxy) is 1. The van der Waals surface area contributed by atoms with Crippen LogP contribution in [0.25, 0.3) is 10.2 Å². The normalized spacial score (nSPS) is 16.9. The van der Waals surface area contributed by atoms with E-state index in [1.54, 1.807) is 29.2 Å². The van der Waals surface area contributed by atoms with Crippen molar-refractivity contribution in [2.75, 3.05) is 49.2 Å². The molecule has 0 atom stereocenters. The van der Waals surface area contributed by atoms with E-state index in [2.05, 4.69) is 30.9 Å². The quantitative estimate of drug-likeness (QED) is 0.490. The van der Waals surface area contributed by atoms with E-state index in [0.29, 0.717) is 36.1 Å². The standard InChI is InChI=1S/C26H28N4O4S/c1-17-15-21-22(16-18(17)2)35-26(27-21)29(10-9-28-11-13-34-14-12-28)25(33)19-3-5-20(6-4-19)30-23(31)7-8-24(30)32/h3-6,15-16H,7-14H2,1-2H3. The molecule has 2 aliphatic rings. The number of imide groups is 1. The first-order chi connectivity index (χ1) is 16.9. The predicted molar refractivity (Wildman–Crippen MR) is 136 cm³/mol. The van der Waals surface area contributed by atoms with Crippen molar-refractivity contribution >= 4 is 50.1 Å². The van der Waals surface area contributed by atoms with Crippen LogP contribution in [0.1, 0.15) is 34.3 Å². The zero-order chi connectivity index (χ0) is 24.5. The third kappa shape index (κ3) is 4.84. The fourth-order valence-corrected chi connectivity index (χ4v) is 5.48. The molecule has 0 N–H and O–H groups in total. The van der Waals surface area contributed by atoms with Crippen LogP contribution in [0.5, 0.6) is 0 Å². The maximum atomic E-state index is 13.7. The lowest BCUT2D eigenvalue weighted by Crippen LogP contribution is -2.43. The maximum Gasteiger partial charge on any atom is 0.260 e. The van der Waals surface area contributed by atoms with E-state index in [0.717, 1.165) is 29.9 Å². The SMILES string of the molecule is Cc1cc2nc(N(CCN3CCOCC3)C(=O)c3ccc(N4C(=O)CCC4=O)cc3)sc2cc1C. The fraction of sp³-hybridized carbons (Fsp3) is 0.385. The highest BCUT2D eigenvalue weighted by Crippen LogP contribution is 2.32. The van der Waals surface area contributed by atoms with Crippen LogP contribution in [-0.4, -0.2) is 67.0 Å². The summed E-state index contributed by atoms with van der Waals surface area (Å²) in [5.41, 5.74) is 4.24. The van der Waals surface area contributed by atoms with Crippen molar-refractivity contribution in [3.8, 4) is 0 Å². The Hall–Kier alpha value is -3.14. The number of amides is 3. The van der Waals surface area contributed by atoms with Gasteiger partial charge in [-0.25, -0.2) is 4.98 Å². The van der Waals surface area contributed by atoms with Gasteiger partial charge >= 0.3 is 0 Å². The van der Waals surface area contributed by atoms with Gasteiger partial charge < -0.3 is 4.74 Å². The minimum atomic E-state index is -0.207. The molecule has 2 aliphatic heterocycles. The highest BCUT2D eigenvalue weighted by Gasteiger charge is 2.30. The molecule has 0 saturated carbocycles. The second-order valence-corrected chi connectivity index (χ2v) is 9.99. The number of rotatable bonds is 6. The van der Waals surface area contributed by atoms with E-state index in [1.807, 2.05) is 0 Å². The summed E-state index contributed by atoms with van der Waals surface area (Å²) in [7, 11) is 0. The molecule has 3 aromatic rings. The summed E-state index contributed by atoms with van der Waals surface area (Å²) in [6, 6.07) is 10.9. The second-order valence-electron chi connectivity index (χ2n) is 8.98. The van der Waals surface area contributed by atoms with Crippen molar-refractivity contribution in [1.82, 2.24) is 9.88 Å². The number of carbonyl (C=O) groups excluding carboxylic acids is 3. The summed E-state index contributed by atoms with van der Waals surface area (Å²) in [6.07, 6.45) is 0.455. The zero-order valence-corrected chi connectivity index (χ0v) is 20.8. The molecule has 2 saturated heterocycles. The van der Waals surface area contributed by atoms with Gasteiger partial charge in [0.15, 0.2) is 5.13 Å². The van der Waals surface area contributed by atoms with Gasteiger partial charge in [0.25, 0.3) is 5.91 Å². The molecule has 8 nitrogen and oxygen atoms in total. The minimum absolute atomic E-state index is 0.156. The van der Waals surface area contributed by atoms with Crippen molar-refractivity contribution in [2.24, 2.45) is 0 Å². The Bertz CT molecular complexity index is 1230. The summed E-state index contributed by atoms with van der Waals surface area (Å²) in [5.74, 6) is -0.570. The molecule has 2 aromatic carbocycles. The lowest BCUT2D eigenvalue weighted by molar-refractivity contribution is -0.121. The lowest BCUT2D eigenvalue weighted by Gasteiger charge is -2.29. The number of nitrogens with zero attached hydrogens (tertiary/aromatic N) is 4. The van der Waals surface area contributed by atoms with Crippen molar-refractivity contribution in [3.63, 3.8) is 0 Å². The van der Waals surface area contributed by atoms with Crippen LogP contribution in [-0.2, 0) is 14.3 Å². The first-order valence-electron chi connectivity index (χ1n) is 11.9. The molecule has 0 spiro atoms. The Morgan fingerprint density at radius 3 is 2.37 bits per heavy atom. The van der Waals surface area contributed by atoms with Crippen molar-refractivity contribution < 1.29 is 19.1 Å². The van der Waals surface area contributed by atoms with Gasteiger partial charge in [-0.2, -0.15) is 0 Å². The molecule has 0 radical (unpaired) electrons. The number of aromatic nitrogens is 1. The highest BCUT2D eigenvalue weighted by atomic mass is 32.1. The summed E-state index contributed by atoms with van der Waals surface area (Å²) in [6.45, 7) is 8.44. The van der Waals surface area contributed by atoms with Crippen LogP contribution in [0.4, 0.5) is 10.8 Å². The van der Waals surface area contributed by atoms with E-state index in [-0.39, 0.29) is 30.6 Å². The Balaban J connectivity index is 1.43. The summed E-state index contributed by atoms with van der Waals surface area (Å²) in [4.78, 5) is 47.9. The van der Waals surface area contributed by atoms with Gasteiger partial charge in [0.1, 0.15) is 0 Å². The molecular weight excluding hydrogens is 464 g/mol. The summed E-state index contributed by atoms with van der Waals surface area (Å²) < 4.78 is 6.50. The molecule has 3 amide bonds. The molecule has 1 aromatic heterocycles. The van der Waals surface area contributed by atoms with Crippen LogP contribution < -0.4 is 9.80 Å². The van der Waals surface area contributed by atoms with Crippen LogP contribution >= 0.6 is 11.3 Å². The number of morpholine rings is 1. The minimum Gasteiger partial charge on any atom is -0.379 e. The van der Waals surface area contributed by atoms with Crippen LogP contribution in [0, 0.1) is 13.8 Å². The Morgan fingerprint density at radius 2 is 1.69 bits per heavy atom. The molecule has 182 valence electrons. The van der Waals surface area contributed by atoms with E-state index in [4.69, 9.17) is 9.72 Å². The van der Waals surface area contributed by atoms with Gasteiger partial charge in [0.2, 0.25) is 11.8 Å². The molecule has 35 heavy (non-hydrogen) atoms. The van der Waals surface area contributed by atoms with E-state index in [1.165, 1.54) is 27.4 Å². The molecule has 3 heterocycles. The molecule has 0 bridgehead atoms. The van der Waals surface area contributed by atoms with E-state index < -0.39 is 0 Å². The second kappa shape index (κ2) is 9.85. The number of hydrogen-bond donors (Lipinski definition) is 0. The highest BCUT2D eigenvalue weighted by molar-refractivity contribution is 7.22. The predicted octanol–water partition coefficient (Wildman–Crippen LogP) is 3.55. The van der Waals surface area contributed by atoms with Crippen LogP contribution in [0.15, 0.2) is 36.4 Å². The lowest BCUT2D eigenvalue weighted by atomic mass is 10.1. The number of carbonyl (C=O) groups is 3. The topological polar surface area (TPSA) is 83.1 Å². The largest absolute Gasteiger partial charge is 0.379 e. The van der Waals surface area contributed by atoms with Gasteiger partial charge in [-0.1, -0.05) is 11.3 Å². The average molecular weight is 493 g/mol. The zero-order valence-electron chi connectivity index (χ0n) is 20.0. The first-order valence-corrected chi connectivity index (χ1v) is 12.7. The molecular formula is C26H28N4O4S. The van der Waals surface area contributed by atoms with Crippen molar-refractivity contribution in [1.29, 1.82) is 0 Å². The number of aryl methyl sites for hydroxylation is 2. The van der Waals surface area contributed by atoms with E-state index >= 15 is 0 Å². The number of fused-ring (bicyclic) bond motifs is 1. The maximum absolute atomic E-state index is 13.7. The van der Waals surface area contributed by atoms with Gasteiger partial charge in [-0.15, -0.1) is 0 Å². The monoisotopic (exact) mass is 492 g/mol. The number of thiazole rings is 1. The summed E-state index contributed by atoms with van der Waals surface area (Å²) >= 11 is 1.52. The molecule has 0 unspecified atom stereocenters. The van der Waals surface area contributed by atoms with Gasteiger partial charge in [-0.05, 0) is 61.4 Å². The third-order valence-corrected chi connectivity index (χ3v) is 7.68. The van der Waals surface area contributed by atoms with Gasteiger partial charge in [0, 0.05) is 44.6 Å². The number of benzene rings is 2. The molecule has 5 rings (SSSR count). The molecule has 9 heteroatoms. The number of hydrogen-bond acceptors (Lipinski definition) is 7. The first kappa shape index (κ1) is 23.6.